The molecule has 1 amide bonds. The van der Waals surface area contributed by atoms with E-state index in [4.69, 9.17) is 10.5 Å². The van der Waals surface area contributed by atoms with Gasteiger partial charge in [-0.25, -0.2) is 0 Å². The van der Waals surface area contributed by atoms with Crippen LogP contribution in [0.15, 0.2) is 0 Å². The van der Waals surface area contributed by atoms with E-state index in [0.717, 1.165) is 32.6 Å². The molecular formula is C12H25ClN2O2. The third-order valence-electron chi connectivity index (χ3n) is 3.03. The van der Waals surface area contributed by atoms with E-state index >= 15 is 0 Å². The van der Waals surface area contributed by atoms with E-state index in [0.29, 0.717) is 12.3 Å². The molecule has 17 heavy (non-hydrogen) atoms. The molecule has 2 atom stereocenters. The Morgan fingerprint density at radius 3 is 2.82 bits per heavy atom. The maximum absolute atomic E-state index is 11.8. The van der Waals surface area contributed by atoms with Crippen molar-refractivity contribution in [3.8, 4) is 0 Å². The van der Waals surface area contributed by atoms with Gasteiger partial charge < -0.3 is 15.4 Å². The monoisotopic (exact) mass is 264 g/mol. The standard InChI is InChI=1S/C12H24N2O2.ClH/c1-10(13)5-6-12(15)14(2)8-11-4-3-7-16-9-11;/h10-11H,3-9,13H2,1-2H3;1H. The minimum atomic E-state index is 0. The summed E-state index contributed by atoms with van der Waals surface area (Å²) in [6, 6.07) is 0.107. The summed E-state index contributed by atoms with van der Waals surface area (Å²) in [5.41, 5.74) is 5.63. The topological polar surface area (TPSA) is 55.6 Å². The van der Waals surface area contributed by atoms with Gasteiger partial charge >= 0.3 is 0 Å². The predicted octanol–water partition coefficient (Wildman–Crippen LogP) is 1.42. The van der Waals surface area contributed by atoms with E-state index < -0.39 is 0 Å². The van der Waals surface area contributed by atoms with Crippen LogP contribution < -0.4 is 5.73 Å². The summed E-state index contributed by atoms with van der Waals surface area (Å²) in [5.74, 6) is 0.709. The summed E-state index contributed by atoms with van der Waals surface area (Å²) in [5, 5.41) is 0. The SMILES string of the molecule is CC(N)CCC(=O)N(C)CC1CCCOC1.Cl. The zero-order valence-electron chi connectivity index (χ0n) is 10.9. The third kappa shape index (κ3) is 6.86. The average Bonchev–Trinajstić information content (AvgIpc) is 2.27. The zero-order chi connectivity index (χ0) is 12.0. The second kappa shape index (κ2) is 8.72. The van der Waals surface area contributed by atoms with Gasteiger partial charge in [0, 0.05) is 32.7 Å². The lowest BCUT2D eigenvalue weighted by Crippen LogP contribution is -2.35. The summed E-state index contributed by atoms with van der Waals surface area (Å²) in [6.45, 7) is 4.42. The normalized spacial score (nSPS) is 21.5. The number of rotatable bonds is 5. The van der Waals surface area contributed by atoms with Crippen LogP contribution in [-0.4, -0.2) is 43.7 Å². The van der Waals surface area contributed by atoms with Crippen molar-refractivity contribution in [3.05, 3.63) is 0 Å². The lowest BCUT2D eigenvalue weighted by atomic mass is 10.0. The Morgan fingerprint density at radius 1 is 1.59 bits per heavy atom. The predicted molar refractivity (Wildman–Crippen MR) is 71.3 cm³/mol. The van der Waals surface area contributed by atoms with Crippen molar-refractivity contribution in [2.75, 3.05) is 26.8 Å². The van der Waals surface area contributed by atoms with Crippen LogP contribution in [0.25, 0.3) is 0 Å². The smallest absolute Gasteiger partial charge is 0.222 e. The van der Waals surface area contributed by atoms with E-state index in [2.05, 4.69) is 0 Å². The average molecular weight is 265 g/mol. The molecule has 102 valence electrons. The molecule has 2 N–H and O–H groups in total. The van der Waals surface area contributed by atoms with E-state index in [9.17, 15) is 4.79 Å². The highest BCUT2D eigenvalue weighted by Crippen LogP contribution is 2.14. The quantitative estimate of drug-likeness (QED) is 0.817. The van der Waals surface area contributed by atoms with Crippen molar-refractivity contribution in [1.82, 2.24) is 4.90 Å². The molecule has 0 aromatic heterocycles. The fourth-order valence-corrected chi connectivity index (χ4v) is 1.98. The van der Waals surface area contributed by atoms with Crippen LogP contribution in [0.5, 0.6) is 0 Å². The highest BCUT2D eigenvalue weighted by atomic mass is 35.5. The van der Waals surface area contributed by atoms with Gasteiger partial charge in [-0.05, 0) is 32.1 Å². The van der Waals surface area contributed by atoms with Gasteiger partial charge in [-0.1, -0.05) is 0 Å². The molecule has 0 aromatic rings. The van der Waals surface area contributed by atoms with Crippen LogP contribution in [0.3, 0.4) is 0 Å². The first-order valence-electron chi connectivity index (χ1n) is 6.17. The molecule has 1 heterocycles. The van der Waals surface area contributed by atoms with E-state index in [1.807, 2.05) is 18.9 Å². The molecule has 1 fully saturated rings. The van der Waals surface area contributed by atoms with Crippen molar-refractivity contribution in [1.29, 1.82) is 0 Å². The number of ether oxygens (including phenoxy) is 1. The Balaban J connectivity index is 0.00000256. The number of nitrogens with two attached hydrogens (primary N) is 1. The van der Waals surface area contributed by atoms with Crippen LogP contribution >= 0.6 is 12.4 Å². The van der Waals surface area contributed by atoms with Gasteiger partial charge in [0.2, 0.25) is 5.91 Å². The number of carbonyl (C=O) groups is 1. The second-order valence-electron chi connectivity index (χ2n) is 4.87. The molecule has 1 rings (SSSR count). The molecule has 0 bridgehead atoms. The van der Waals surface area contributed by atoms with Gasteiger partial charge in [0.25, 0.3) is 0 Å². The molecule has 1 aliphatic heterocycles. The van der Waals surface area contributed by atoms with Crippen LogP contribution in [0.4, 0.5) is 0 Å². The van der Waals surface area contributed by atoms with Crippen molar-refractivity contribution in [3.63, 3.8) is 0 Å². The molecule has 5 heteroatoms. The summed E-state index contributed by atoms with van der Waals surface area (Å²) < 4.78 is 5.40. The van der Waals surface area contributed by atoms with Crippen LogP contribution in [0.2, 0.25) is 0 Å². The number of amides is 1. The Kier molecular flexibility index (Phi) is 8.56. The molecule has 0 aromatic carbocycles. The van der Waals surface area contributed by atoms with E-state index in [1.54, 1.807) is 0 Å². The maximum atomic E-state index is 11.8. The second-order valence-corrected chi connectivity index (χ2v) is 4.87. The highest BCUT2D eigenvalue weighted by Gasteiger charge is 2.18. The van der Waals surface area contributed by atoms with Crippen molar-refractivity contribution >= 4 is 18.3 Å². The minimum absolute atomic E-state index is 0. The summed E-state index contributed by atoms with van der Waals surface area (Å²) in [6.07, 6.45) is 3.61. The summed E-state index contributed by atoms with van der Waals surface area (Å²) in [4.78, 5) is 13.6. The zero-order valence-corrected chi connectivity index (χ0v) is 11.7. The molecule has 0 radical (unpaired) electrons. The van der Waals surface area contributed by atoms with Gasteiger partial charge in [-0.2, -0.15) is 0 Å². The number of nitrogens with zero attached hydrogens (tertiary/aromatic N) is 1. The molecular weight excluding hydrogens is 240 g/mol. The molecule has 0 saturated carbocycles. The van der Waals surface area contributed by atoms with E-state index in [1.165, 1.54) is 6.42 Å². The van der Waals surface area contributed by atoms with Gasteiger partial charge in [0.15, 0.2) is 0 Å². The van der Waals surface area contributed by atoms with Crippen molar-refractivity contribution in [2.24, 2.45) is 11.7 Å². The number of halogens is 1. The molecule has 1 saturated heterocycles. The van der Waals surface area contributed by atoms with Gasteiger partial charge in [-0.15, -0.1) is 12.4 Å². The van der Waals surface area contributed by atoms with Crippen LogP contribution in [-0.2, 0) is 9.53 Å². The molecule has 2 unspecified atom stereocenters. The largest absolute Gasteiger partial charge is 0.381 e. The van der Waals surface area contributed by atoms with Crippen molar-refractivity contribution < 1.29 is 9.53 Å². The molecule has 0 aliphatic carbocycles. The first-order chi connectivity index (χ1) is 7.59. The van der Waals surface area contributed by atoms with E-state index in [-0.39, 0.29) is 24.4 Å². The minimum Gasteiger partial charge on any atom is -0.381 e. The van der Waals surface area contributed by atoms with Gasteiger partial charge in [-0.3, -0.25) is 4.79 Å². The van der Waals surface area contributed by atoms with Gasteiger partial charge in [0.1, 0.15) is 0 Å². The van der Waals surface area contributed by atoms with Crippen LogP contribution in [0, 0.1) is 5.92 Å². The highest BCUT2D eigenvalue weighted by molar-refractivity contribution is 5.85. The fourth-order valence-electron chi connectivity index (χ4n) is 1.98. The molecule has 0 spiro atoms. The Bertz CT molecular complexity index is 219. The Morgan fingerprint density at radius 2 is 2.29 bits per heavy atom. The Labute approximate surface area is 110 Å². The number of carbonyl (C=O) groups excluding carboxylic acids is 1. The Hall–Kier alpha value is -0.320. The summed E-state index contributed by atoms with van der Waals surface area (Å²) >= 11 is 0. The number of hydrogen-bond acceptors (Lipinski definition) is 3. The lowest BCUT2D eigenvalue weighted by Gasteiger charge is -2.27. The first-order valence-corrected chi connectivity index (χ1v) is 6.17. The van der Waals surface area contributed by atoms with Gasteiger partial charge in [0.05, 0.1) is 6.61 Å². The molecule has 1 aliphatic rings. The summed E-state index contributed by atoms with van der Waals surface area (Å²) in [7, 11) is 1.87. The molecule has 4 nitrogen and oxygen atoms in total. The van der Waals surface area contributed by atoms with Crippen LogP contribution in [0.1, 0.15) is 32.6 Å². The number of hydrogen-bond donors (Lipinski definition) is 1. The van der Waals surface area contributed by atoms with Crippen molar-refractivity contribution in [2.45, 2.75) is 38.6 Å². The third-order valence-corrected chi connectivity index (χ3v) is 3.03. The first kappa shape index (κ1) is 16.7. The maximum Gasteiger partial charge on any atom is 0.222 e. The fraction of sp³-hybridized carbons (Fsp3) is 0.917. The lowest BCUT2D eigenvalue weighted by molar-refractivity contribution is -0.131.